The quantitative estimate of drug-likeness (QED) is 0.678. The Bertz CT molecular complexity index is 433. The monoisotopic (exact) mass is 230 g/mol. The number of hydrogen-bond donors (Lipinski definition) is 0. The van der Waals surface area contributed by atoms with Crippen molar-refractivity contribution < 1.29 is 0 Å². The van der Waals surface area contributed by atoms with Gasteiger partial charge in [-0.25, -0.2) is 0 Å². The van der Waals surface area contributed by atoms with Gasteiger partial charge in [0.2, 0.25) is 0 Å². The van der Waals surface area contributed by atoms with Crippen molar-refractivity contribution in [2.24, 2.45) is 0 Å². The van der Waals surface area contributed by atoms with Gasteiger partial charge < -0.3 is 0 Å². The average Bonchev–Trinajstić information content (AvgIpc) is 2.15. The zero-order chi connectivity index (χ0) is 12.6. The third-order valence-corrected chi connectivity index (χ3v) is 9.20. The van der Waals surface area contributed by atoms with Crippen molar-refractivity contribution >= 4 is 13.3 Å². The van der Waals surface area contributed by atoms with Crippen LogP contribution in [-0.2, 0) is 0 Å². The highest BCUT2D eigenvalue weighted by Crippen LogP contribution is 2.35. The molecule has 0 fully saturated rings. The van der Waals surface area contributed by atoms with E-state index in [0.717, 1.165) is 11.1 Å². The molecule has 1 radical (unpaired) electrons. The van der Waals surface area contributed by atoms with Gasteiger partial charge in [-0.3, -0.25) is 0 Å². The molecule has 0 aromatic heterocycles. The molecule has 0 saturated heterocycles. The third kappa shape index (κ3) is 2.36. The molecule has 0 spiro atoms. The van der Waals surface area contributed by atoms with E-state index in [1.807, 2.05) is 12.1 Å². The highest BCUT2D eigenvalue weighted by molar-refractivity contribution is 6.92. The number of nitriles is 1. The Morgan fingerprint density at radius 2 is 1.75 bits per heavy atom. The van der Waals surface area contributed by atoms with Gasteiger partial charge in [-0.15, -0.1) is 0 Å². The molecule has 2 heteroatoms. The Hall–Kier alpha value is -1.07. The molecule has 0 saturated carbocycles. The minimum atomic E-state index is -1.55. The molecule has 0 bridgehead atoms. The van der Waals surface area contributed by atoms with Gasteiger partial charge in [0, 0.05) is 0 Å². The molecular formula is C14H20NSi. The summed E-state index contributed by atoms with van der Waals surface area (Å²) in [6.45, 7) is 15.5. The van der Waals surface area contributed by atoms with Gasteiger partial charge in [0.05, 0.1) is 19.7 Å². The van der Waals surface area contributed by atoms with Crippen molar-refractivity contribution in [3.8, 4) is 6.07 Å². The van der Waals surface area contributed by atoms with Crippen molar-refractivity contribution in [3.05, 3.63) is 36.2 Å². The lowest BCUT2D eigenvalue weighted by atomic mass is 10.1. The predicted octanol–water partition coefficient (Wildman–Crippen LogP) is 3.46. The fraction of sp³-hybridized carbons (Fsp3) is 0.429. The normalized spacial score (nSPS) is 12.3. The molecule has 85 valence electrons. The summed E-state index contributed by atoms with van der Waals surface area (Å²) in [4.78, 5) is 0. The molecule has 0 atom stereocenters. The van der Waals surface area contributed by atoms with E-state index in [9.17, 15) is 0 Å². The second kappa shape index (κ2) is 4.07. The number of hydrogen-bond acceptors (Lipinski definition) is 1. The highest BCUT2D eigenvalue weighted by Gasteiger charge is 2.36. The third-order valence-electron chi connectivity index (χ3n) is 3.72. The standard InChI is InChI=1S/C14H20NSi/c1-11-7-12(10-15)9-13(8-11)16(5,6)14(2,3)4/h7-9H,1H2,2-6H3. The van der Waals surface area contributed by atoms with Crippen molar-refractivity contribution in [2.45, 2.75) is 38.9 Å². The fourth-order valence-corrected chi connectivity index (χ4v) is 3.48. The van der Waals surface area contributed by atoms with Gasteiger partial charge in [0.1, 0.15) is 0 Å². The highest BCUT2D eigenvalue weighted by atomic mass is 28.3. The second-order valence-electron chi connectivity index (χ2n) is 5.91. The van der Waals surface area contributed by atoms with Gasteiger partial charge in [-0.2, -0.15) is 5.26 Å². The molecule has 1 aromatic rings. The second-order valence-corrected chi connectivity index (χ2v) is 11.2. The summed E-state index contributed by atoms with van der Waals surface area (Å²) < 4.78 is 0. The van der Waals surface area contributed by atoms with Gasteiger partial charge in [0.25, 0.3) is 0 Å². The average molecular weight is 230 g/mol. The molecule has 0 heterocycles. The molecule has 16 heavy (non-hydrogen) atoms. The van der Waals surface area contributed by atoms with Crippen LogP contribution in [0.25, 0.3) is 0 Å². The first kappa shape index (κ1) is 13.0. The van der Waals surface area contributed by atoms with Crippen LogP contribution in [0.2, 0.25) is 18.1 Å². The summed E-state index contributed by atoms with van der Waals surface area (Å²) in [5.41, 5.74) is 1.67. The van der Waals surface area contributed by atoms with Gasteiger partial charge in [0.15, 0.2) is 0 Å². The van der Waals surface area contributed by atoms with Crippen LogP contribution in [0.4, 0.5) is 0 Å². The molecular weight excluding hydrogens is 210 g/mol. The first-order valence-corrected chi connectivity index (χ1v) is 8.56. The Morgan fingerprint density at radius 3 is 2.19 bits per heavy atom. The number of nitrogens with zero attached hydrogens (tertiary/aromatic N) is 1. The number of benzene rings is 1. The van der Waals surface area contributed by atoms with E-state index in [1.165, 1.54) is 5.19 Å². The van der Waals surface area contributed by atoms with Crippen LogP contribution in [-0.4, -0.2) is 8.07 Å². The van der Waals surface area contributed by atoms with Crippen LogP contribution in [0.5, 0.6) is 0 Å². The van der Waals surface area contributed by atoms with Crippen LogP contribution < -0.4 is 5.19 Å². The van der Waals surface area contributed by atoms with Crippen LogP contribution in [0.1, 0.15) is 31.9 Å². The fourth-order valence-electron chi connectivity index (χ4n) is 1.55. The van der Waals surface area contributed by atoms with Gasteiger partial charge in [-0.05, 0) is 29.7 Å². The zero-order valence-corrected chi connectivity index (χ0v) is 11.9. The molecule has 0 aliphatic heterocycles. The zero-order valence-electron chi connectivity index (χ0n) is 10.9. The maximum Gasteiger partial charge on any atom is 0.0991 e. The summed E-state index contributed by atoms with van der Waals surface area (Å²) in [5.74, 6) is 0. The molecule has 0 amide bonds. The summed E-state index contributed by atoms with van der Waals surface area (Å²) >= 11 is 0. The molecule has 1 aromatic carbocycles. The maximum absolute atomic E-state index is 8.99. The van der Waals surface area contributed by atoms with Crippen LogP contribution in [0.3, 0.4) is 0 Å². The van der Waals surface area contributed by atoms with Crippen LogP contribution in [0.15, 0.2) is 18.2 Å². The van der Waals surface area contributed by atoms with Crippen LogP contribution >= 0.6 is 0 Å². The molecule has 1 rings (SSSR count). The lowest BCUT2D eigenvalue weighted by Gasteiger charge is -2.37. The maximum atomic E-state index is 8.99. The van der Waals surface area contributed by atoms with E-state index in [2.05, 4.69) is 52.9 Å². The van der Waals surface area contributed by atoms with E-state index < -0.39 is 8.07 Å². The SMILES string of the molecule is [CH2]c1cc(C#N)cc([Si](C)(C)C(C)(C)C)c1. The number of rotatable bonds is 1. The summed E-state index contributed by atoms with van der Waals surface area (Å²) in [5, 5.41) is 10.6. The lowest BCUT2D eigenvalue weighted by Crippen LogP contribution is -2.49. The molecule has 0 aliphatic carbocycles. The Morgan fingerprint density at radius 1 is 1.19 bits per heavy atom. The van der Waals surface area contributed by atoms with Crippen molar-refractivity contribution in [2.75, 3.05) is 0 Å². The minimum absolute atomic E-state index is 0.285. The molecule has 0 N–H and O–H groups in total. The summed E-state index contributed by atoms with van der Waals surface area (Å²) in [7, 11) is -1.55. The van der Waals surface area contributed by atoms with Crippen LogP contribution in [0, 0.1) is 18.3 Å². The van der Waals surface area contributed by atoms with E-state index in [0.29, 0.717) is 0 Å². The smallest absolute Gasteiger partial charge is 0.0991 e. The summed E-state index contributed by atoms with van der Waals surface area (Å²) in [6.07, 6.45) is 0. The largest absolute Gasteiger partial charge is 0.192 e. The van der Waals surface area contributed by atoms with E-state index in [-0.39, 0.29) is 5.04 Å². The van der Waals surface area contributed by atoms with Gasteiger partial charge >= 0.3 is 0 Å². The first-order chi connectivity index (χ1) is 7.18. The predicted molar refractivity (Wildman–Crippen MR) is 72.4 cm³/mol. The van der Waals surface area contributed by atoms with E-state index >= 15 is 0 Å². The molecule has 1 nitrogen and oxygen atoms in total. The van der Waals surface area contributed by atoms with Gasteiger partial charge in [-0.1, -0.05) is 45.1 Å². The Kier molecular flexibility index (Phi) is 3.30. The Balaban J connectivity index is 3.35. The molecule has 0 unspecified atom stereocenters. The van der Waals surface area contributed by atoms with E-state index in [4.69, 9.17) is 5.26 Å². The first-order valence-electron chi connectivity index (χ1n) is 5.56. The topological polar surface area (TPSA) is 23.8 Å². The van der Waals surface area contributed by atoms with E-state index in [1.54, 1.807) is 0 Å². The summed E-state index contributed by atoms with van der Waals surface area (Å²) in [6, 6.07) is 8.23. The van der Waals surface area contributed by atoms with Crippen molar-refractivity contribution in [1.82, 2.24) is 0 Å². The lowest BCUT2D eigenvalue weighted by molar-refractivity contribution is 0.729. The minimum Gasteiger partial charge on any atom is -0.192 e. The molecule has 0 aliphatic rings. The Labute approximate surface area is 100 Å². The van der Waals surface area contributed by atoms with Crippen molar-refractivity contribution in [3.63, 3.8) is 0 Å². The van der Waals surface area contributed by atoms with Crippen molar-refractivity contribution in [1.29, 1.82) is 5.26 Å².